The Morgan fingerprint density at radius 2 is 1.88 bits per heavy atom. The van der Waals surface area contributed by atoms with Crippen molar-refractivity contribution in [1.29, 1.82) is 0 Å². The molecule has 130 valence electrons. The van der Waals surface area contributed by atoms with Gasteiger partial charge in [0.05, 0.1) is 17.5 Å². The summed E-state index contributed by atoms with van der Waals surface area (Å²) in [7, 11) is -3.04. The van der Waals surface area contributed by atoms with Gasteiger partial charge in [-0.3, -0.25) is 4.79 Å². The molecule has 0 aliphatic carbocycles. The Hall–Kier alpha value is -1.34. The number of amidine groups is 1. The molecule has 0 radical (unpaired) electrons. The zero-order valence-corrected chi connectivity index (χ0v) is 15.8. The zero-order valence-electron chi connectivity index (χ0n) is 14.2. The van der Waals surface area contributed by atoms with Gasteiger partial charge in [0.2, 0.25) is 5.91 Å². The van der Waals surface area contributed by atoms with E-state index in [0.29, 0.717) is 5.17 Å². The second kappa shape index (κ2) is 6.52. The number of para-hydroxylation sites is 1. The standard InChI is InChI=1S/C17H22N2O3S2/c1-4-12-7-6-8-13(5-2)16(12)19-14-9-24(21,22)10-15(14)23-17(19)18-11(3)20/h6-8,14-15H,4-5,9-10H2,1-3H3/t14-,15+/m1/s1. The maximum Gasteiger partial charge on any atom is 0.244 e. The fourth-order valence-corrected chi connectivity index (χ4v) is 7.43. The molecule has 1 amide bonds. The highest BCUT2D eigenvalue weighted by Crippen LogP contribution is 2.43. The third kappa shape index (κ3) is 3.11. The Labute approximate surface area is 147 Å². The lowest BCUT2D eigenvalue weighted by Gasteiger charge is -2.29. The maximum atomic E-state index is 12.1. The summed E-state index contributed by atoms with van der Waals surface area (Å²) < 4.78 is 24.2. The second-order valence-corrected chi connectivity index (χ2v) is 9.58. The van der Waals surface area contributed by atoms with Crippen molar-refractivity contribution in [2.24, 2.45) is 4.99 Å². The molecule has 2 fully saturated rings. The number of benzene rings is 1. The van der Waals surface area contributed by atoms with Crippen LogP contribution in [0.3, 0.4) is 0 Å². The van der Waals surface area contributed by atoms with Crippen molar-refractivity contribution >= 4 is 38.4 Å². The molecule has 0 aromatic heterocycles. The first-order valence-electron chi connectivity index (χ1n) is 8.22. The van der Waals surface area contributed by atoms with Crippen molar-refractivity contribution in [3.63, 3.8) is 0 Å². The summed E-state index contributed by atoms with van der Waals surface area (Å²) in [6, 6.07) is 6.04. The van der Waals surface area contributed by atoms with Crippen molar-refractivity contribution in [1.82, 2.24) is 0 Å². The van der Waals surface area contributed by atoms with E-state index >= 15 is 0 Å². The summed E-state index contributed by atoms with van der Waals surface area (Å²) in [4.78, 5) is 17.8. The highest BCUT2D eigenvalue weighted by Gasteiger charge is 2.50. The van der Waals surface area contributed by atoms with E-state index < -0.39 is 9.84 Å². The molecule has 0 N–H and O–H groups in total. The van der Waals surface area contributed by atoms with Gasteiger partial charge in [-0.25, -0.2) is 8.42 Å². The summed E-state index contributed by atoms with van der Waals surface area (Å²) in [6.45, 7) is 5.61. The monoisotopic (exact) mass is 366 g/mol. The van der Waals surface area contributed by atoms with Crippen molar-refractivity contribution in [3.05, 3.63) is 29.3 Å². The summed E-state index contributed by atoms with van der Waals surface area (Å²) >= 11 is 1.43. The Morgan fingerprint density at radius 1 is 1.25 bits per heavy atom. The van der Waals surface area contributed by atoms with Gasteiger partial charge in [0.25, 0.3) is 0 Å². The minimum Gasteiger partial charge on any atom is -0.315 e. The molecule has 0 unspecified atom stereocenters. The minimum atomic E-state index is -3.04. The van der Waals surface area contributed by atoms with Crippen LogP contribution in [-0.4, -0.2) is 42.3 Å². The lowest BCUT2D eigenvalue weighted by atomic mass is 10.0. The number of thioether (sulfide) groups is 1. The molecule has 3 rings (SSSR count). The van der Waals surface area contributed by atoms with Gasteiger partial charge in [0.15, 0.2) is 15.0 Å². The van der Waals surface area contributed by atoms with Crippen LogP contribution < -0.4 is 4.90 Å². The van der Waals surface area contributed by atoms with Gasteiger partial charge in [0, 0.05) is 17.9 Å². The summed E-state index contributed by atoms with van der Waals surface area (Å²) in [5, 5.41) is 0.589. The van der Waals surface area contributed by atoms with Crippen LogP contribution in [0.15, 0.2) is 23.2 Å². The summed E-state index contributed by atoms with van der Waals surface area (Å²) in [5.41, 5.74) is 3.37. The zero-order chi connectivity index (χ0) is 17.5. The number of sulfone groups is 1. The molecule has 0 saturated carbocycles. The van der Waals surface area contributed by atoms with Crippen LogP contribution in [0, 0.1) is 0 Å². The number of aliphatic imine (C=N–C) groups is 1. The Balaban J connectivity index is 2.16. The number of hydrogen-bond acceptors (Lipinski definition) is 4. The number of aryl methyl sites for hydroxylation is 2. The largest absolute Gasteiger partial charge is 0.315 e. The summed E-state index contributed by atoms with van der Waals surface area (Å²) in [5.74, 6) is 0.0336. The number of hydrogen-bond donors (Lipinski definition) is 0. The number of carbonyl (C=O) groups is 1. The van der Waals surface area contributed by atoms with E-state index in [-0.39, 0.29) is 28.7 Å². The average molecular weight is 367 g/mol. The van der Waals surface area contributed by atoms with E-state index in [1.54, 1.807) is 0 Å². The van der Waals surface area contributed by atoms with E-state index in [1.807, 2.05) is 11.0 Å². The van der Waals surface area contributed by atoms with Gasteiger partial charge < -0.3 is 4.90 Å². The van der Waals surface area contributed by atoms with Gasteiger partial charge in [0.1, 0.15) is 0 Å². The first-order valence-corrected chi connectivity index (χ1v) is 10.9. The molecule has 0 spiro atoms. The minimum absolute atomic E-state index is 0.0530. The second-order valence-electron chi connectivity index (χ2n) is 6.22. The molecule has 24 heavy (non-hydrogen) atoms. The Bertz CT molecular complexity index is 780. The smallest absolute Gasteiger partial charge is 0.244 e. The van der Waals surface area contributed by atoms with E-state index in [2.05, 4.69) is 31.0 Å². The lowest BCUT2D eigenvalue weighted by Crippen LogP contribution is -2.39. The topological polar surface area (TPSA) is 66.8 Å². The van der Waals surface area contributed by atoms with Crippen LogP contribution in [0.1, 0.15) is 31.9 Å². The number of carbonyl (C=O) groups excluding carboxylic acids is 1. The molecule has 2 heterocycles. The van der Waals surface area contributed by atoms with Gasteiger partial charge in [-0.15, -0.1) is 0 Å². The van der Waals surface area contributed by atoms with E-state index in [1.165, 1.54) is 18.7 Å². The molecule has 2 aliphatic rings. The van der Waals surface area contributed by atoms with Gasteiger partial charge in [-0.2, -0.15) is 4.99 Å². The van der Waals surface area contributed by atoms with E-state index in [0.717, 1.165) is 29.7 Å². The summed E-state index contributed by atoms with van der Waals surface area (Å²) in [6.07, 6.45) is 1.70. The molecule has 2 saturated heterocycles. The van der Waals surface area contributed by atoms with Crippen molar-refractivity contribution in [2.45, 2.75) is 44.9 Å². The van der Waals surface area contributed by atoms with Gasteiger partial charge in [-0.05, 0) is 24.0 Å². The SMILES string of the molecule is CCc1cccc(CC)c1N1C(=NC(C)=O)S[C@H]2CS(=O)(=O)C[C@H]21. The highest BCUT2D eigenvalue weighted by atomic mass is 32.2. The van der Waals surface area contributed by atoms with Crippen molar-refractivity contribution < 1.29 is 13.2 Å². The molecule has 7 heteroatoms. The molecule has 5 nitrogen and oxygen atoms in total. The number of amides is 1. The molecule has 1 aromatic rings. The van der Waals surface area contributed by atoms with Crippen LogP contribution in [0.25, 0.3) is 0 Å². The molecule has 2 aliphatic heterocycles. The van der Waals surface area contributed by atoms with E-state index in [4.69, 9.17) is 0 Å². The van der Waals surface area contributed by atoms with Crippen LogP contribution in [0.4, 0.5) is 5.69 Å². The Morgan fingerprint density at radius 3 is 2.42 bits per heavy atom. The number of anilines is 1. The van der Waals surface area contributed by atoms with E-state index in [9.17, 15) is 13.2 Å². The fourth-order valence-electron chi connectivity index (χ4n) is 3.49. The van der Waals surface area contributed by atoms with Crippen molar-refractivity contribution in [2.75, 3.05) is 16.4 Å². The predicted octanol–water partition coefficient (Wildman–Crippen LogP) is 2.43. The predicted molar refractivity (Wildman–Crippen MR) is 99.6 cm³/mol. The van der Waals surface area contributed by atoms with Crippen molar-refractivity contribution in [3.8, 4) is 0 Å². The first-order chi connectivity index (χ1) is 11.4. The number of rotatable bonds is 3. The Kier molecular flexibility index (Phi) is 4.75. The first kappa shape index (κ1) is 17.5. The van der Waals surface area contributed by atoms with Crippen LogP contribution in [0.2, 0.25) is 0 Å². The maximum absolute atomic E-state index is 12.1. The van der Waals surface area contributed by atoms with Crippen LogP contribution >= 0.6 is 11.8 Å². The lowest BCUT2D eigenvalue weighted by molar-refractivity contribution is -0.115. The van der Waals surface area contributed by atoms with Gasteiger partial charge in [-0.1, -0.05) is 43.8 Å². The molecule has 0 bridgehead atoms. The number of nitrogens with zero attached hydrogens (tertiary/aromatic N) is 2. The number of fused-ring (bicyclic) bond motifs is 1. The normalized spacial score (nSPS) is 26.8. The molecular weight excluding hydrogens is 344 g/mol. The quantitative estimate of drug-likeness (QED) is 0.822. The third-order valence-corrected chi connectivity index (χ3v) is 7.74. The molecular formula is C17H22N2O3S2. The van der Waals surface area contributed by atoms with Crippen LogP contribution in [-0.2, 0) is 27.5 Å². The average Bonchev–Trinajstić information content (AvgIpc) is 2.96. The van der Waals surface area contributed by atoms with Crippen LogP contribution in [0.5, 0.6) is 0 Å². The highest BCUT2D eigenvalue weighted by molar-refractivity contribution is 8.16. The fraction of sp³-hybridized carbons (Fsp3) is 0.529. The van der Waals surface area contributed by atoms with Gasteiger partial charge >= 0.3 is 0 Å². The molecule has 2 atom stereocenters. The molecule has 1 aromatic carbocycles. The third-order valence-electron chi connectivity index (χ3n) is 4.53.